The number of amides is 1. The van der Waals surface area contributed by atoms with Gasteiger partial charge < -0.3 is 15.4 Å². The third-order valence-electron chi connectivity index (χ3n) is 2.87. The number of hydrogen-bond donors (Lipinski definition) is 2. The number of nitrogens with one attached hydrogen (secondary N) is 2. The van der Waals surface area contributed by atoms with Gasteiger partial charge in [-0.05, 0) is 12.6 Å². The van der Waals surface area contributed by atoms with Crippen LogP contribution in [0.1, 0.15) is 18.4 Å². The summed E-state index contributed by atoms with van der Waals surface area (Å²) in [7, 11) is 0. The van der Waals surface area contributed by atoms with Crippen LogP contribution >= 0.6 is 0 Å². The maximum Gasteiger partial charge on any atom is 0.231 e. The lowest BCUT2D eigenvalue weighted by atomic mass is 10.0. The van der Waals surface area contributed by atoms with E-state index in [2.05, 4.69) is 10.6 Å². The summed E-state index contributed by atoms with van der Waals surface area (Å²) in [5.41, 5.74) is 0.994. The van der Waals surface area contributed by atoms with Gasteiger partial charge >= 0.3 is 0 Å². The highest BCUT2D eigenvalue weighted by Crippen LogP contribution is 2.33. The summed E-state index contributed by atoms with van der Waals surface area (Å²) in [6.45, 7) is 4.88. The van der Waals surface area contributed by atoms with Crippen LogP contribution in [0.3, 0.4) is 0 Å². The van der Waals surface area contributed by atoms with Crippen LogP contribution in [0.25, 0.3) is 0 Å². The molecule has 0 bridgehead atoms. The molecule has 1 aliphatic heterocycles. The summed E-state index contributed by atoms with van der Waals surface area (Å²) in [6, 6.07) is 7.72. The Kier molecular flexibility index (Phi) is 3.98. The minimum absolute atomic E-state index is 0.0489. The molecule has 0 fully saturated rings. The Balaban J connectivity index is 1.89. The maximum atomic E-state index is 12.0. The molecule has 0 spiro atoms. The van der Waals surface area contributed by atoms with Crippen molar-refractivity contribution in [3.05, 3.63) is 29.8 Å². The summed E-state index contributed by atoms with van der Waals surface area (Å²) in [5.74, 6) is 0.722. The van der Waals surface area contributed by atoms with E-state index in [-0.39, 0.29) is 11.8 Å². The normalized spacial score (nSPS) is 17.4. The molecule has 0 aliphatic carbocycles. The highest BCUT2D eigenvalue weighted by Gasteiger charge is 2.29. The molecular weight excluding hydrogens is 216 g/mol. The predicted octanol–water partition coefficient (Wildman–Crippen LogP) is 0.888. The Morgan fingerprint density at radius 2 is 2.24 bits per heavy atom. The molecule has 92 valence electrons. The molecule has 2 rings (SSSR count). The van der Waals surface area contributed by atoms with Gasteiger partial charge in [0.25, 0.3) is 0 Å². The molecule has 1 heterocycles. The van der Waals surface area contributed by atoms with Gasteiger partial charge in [0.1, 0.15) is 18.3 Å². The van der Waals surface area contributed by atoms with Crippen molar-refractivity contribution in [2.45, 2.75) is 12.8 Å². The van der Waals surface area contributed by atoms with Gasteiger partial charge in [-0.15, -0.1) is 0 Å². The third-order valence-corrected chi connectivity index (χ3v) is 2.87. The fourth-order valence-corrected chi connectivity index (χ4v) is 1.95. The van der Waals surface area contributed by atoms with Gasteiger partial charge in [-0.2, -0.15) is 0 Å². The van der Waals surface area contributed by atoms with E-state index in [9.17, 15) is 4.79 Å². The van der Waals surface area contributed by atoms with Crippen LogP contribution in [0.4, 0.5) is 0 Å². The van der Waals surface area contributed by atoms with Gasteiger partial charge in [0.15, 0.2) is 0 Å². The quantitative estimate of drug-likeness (QED) is 0.744. The first-order valence-electron chi connectivity index (χ1n) is 6.03. The topological polar surface area (TPSA) is 50.4 Å². The van der Waals surface area contributed by atoms with E-state index >= 15 is 0 Å². The molecular formula is C13H18N2O2. The average Bonchev–Trinajstić information content (AvgIpc) is 2.78. The molecule has 1 aliphatic rings. The number of carbonyl (C=O) groups is 1. The van der Waals surface area contributed by atoms with E-state index in [0.717, 1.165) is 24.4 Å². The lowest BCUT2D eigenvalue weighted by Crippen LogP contribution is -2.35. The van der Waals surface area contributed by atoms with Gasteiger partial charge in [-0.3, -0.25) is 4.79 Å². The van der Waals surface area contributed by atoms with Crippen LogP contribution in [0.2, 0.25) is 0 Å². The molecule has 0 radical (unpaired) electrons. The van der Waals surface area contributed by atoms with Crippen LogP contribution in [0, 0.1) is 0 Å². The van der Waals surface area contributed by atoms with Crippen molar-refractivity contribution in [1.82, 2.24) is 10.6 Å². The Morgan fingerprint density at radius 3 is 3.06 bits per heavy atom. The van der Waals surface area contributed by atoms with Crippen molar-refractivity contribution in [1.29, 1.82) is 0 Å². The molecule has 2 N–H and O–H groups in total. The zero-order valence-corrected chi connectivity index (χ0v) is 10.0. The Morgan fingerprint density at radius 1 is 1.41 bits per heavy atom. The predicted molar refractivity (Wildman–Crippen MR) is 66.2 cm³/mol. The maximum absolute atomic E-state index is 12.0. The number of benzene rings is 1. The van der Waals surface area contributed by atoms with Crippen LogP contribution in [0.5, 0.6) is 5.75 Å². The van der Waals surface area contributed by atoms with Crippen molar-refractivity contribution in [2.75, 3.05) is 26.2 Å². The van der Waals surface area contributed by atoms with E-state index in [4.69, 9.17) is 4.74 Å². The summed E-state index contributed by atoms with van der Waals surface area (Å²) >= 11 is 0. The highest BCUT2D eigenvalue weighted by molar-refractivity contribution is 5.85. The van der Waals surface area contributed by atoms with Crippen LogP contribution in [-0.2, 0) is 4.79 Å². The third kappa shape index (κ3) is 2.77. The van der Waals surface area contributed by atoms with E-state index in [1.54, 1.807) is 0 Å². The molecule has 1 unspecified atom stereocenters. The zero-order chi connectivity index (χ0) is 12.1. The number of hydrogen-bond acceptors (Lipinski definition) is 3. The summed E-state index contributed by atoms with van der Waals surface area (Å²) < 4.78 is 5.48. The smallest absolute Gasteiger partial charge is 0.231 e. The standard InChI is InChI=1S/C13H18N2O2/c1-2-14-7-8-15-13(16)11-9-17-12-6-4-3-5-10(11)12/h3-6,11,14H,2,7-9H2,1H3,(H,15,16). The molecule has 1 aromatic carbocycles. The lowest BCUT2D eigenvalue weighted by Gasteiger charge is -2.10. The van der Waals surface area contributed by atoms with Crippen molar-refractivity contribution < 1.29 is 9.53 Å². The first-order valence-corrected chi connectivity index (χ1v) is 6.03. The summed E-state index contributed by atoms with van der Waals surface area (Å²) in [4.78, 5) is 12.0. The lowest BCUT2D eigenvalue weighted by molar-refractivity contribution is -0.122. The van der Waals surface area contributed by atoms with Crippen LogP contribution < -0.4 is 15.4 Å². The highest BCUT2D eigenvalue weighted by atomic mass is 16.5. The van der Waals surface area contributed by atoms with Crippen molar-refractivity contribution in [3.63, 3.8) is 0 Å². The molecule has 4 heteroatoms. The average molecular weight is 234 g/mol. The number of likely N-dealkylation sites (N-methyl/N-ethyl adjacent to an activating group) is 1. The van der Waals surface area contributed by atoms with Crippen molar-refractivity contribution in [2.24, 2.45) is 0 Å². The first-order chi connectivity index (χ1) is 8.33. The molecule has 0 saturated heterocycles. The number of fused-ring (bicyclic) bond motifs is 1. The second kappa shape index (κ2) is 5.68. The minimum Gasteiger partial charge on any atom is -0.492 e. The van der Waals surface area contributed by atoms with Gasteiger partial charge in [-0.25, -0.2) is 0 Å². The second-order valence-corrected chi connectivity index (χ2v) is 4.05. The van der Waals surface area contributed by atoms with Crippen molar-refractivity contribution >= 4 is 5.91 Å². The number of carbonyl (C=O) groups excluding carboxylic acids is 1. The first kappa shape index (κ1) is 11.9. The molecule has 17 heavy (non-hydrogen) atoms. The zero-order valence-electron chi connectivity index (χ0n) is 10.0. The van der Waals surface area contributed by atoms with Crippen LogP contribution in [0.15, 0.2) is 24.3 Å². The Hall–Kier alpha value is -1.55. The fraction of sp³-hybridized carbons (Fsp3) is 0.462. The molecule has 1 aromatic rings. The monoisotopic (exact) mass is 234 g/mol. The number of para-hydroxylation sites is 1. The van der Waals surface area contributed by atoms with E-state index < -0.39 is 0 Å². The molecule has 1 amide bonds. The van der Waals surface area contributed by atoms with Crippen LogP contribution in [-0.4, -0.2) is 32.1 Å². The van der Waals surface area contributed by atoms with E-state index in [1.807, 2.05) is 31.2 Å². The van der Waals surface area contributed by atoms with E-state index in [0.29, 0.717) is 13.2 Å². The largest absolute Gasteiger partial charge is 0.492 e. The van der Waals surface area contributed by atoms with Gasteiger partial charge in [-0.1, -0.05) is 25.1 Å². The van der Waals surface area contributed by atoms with E-state index in [1.165, 1.54) is 0 Å². The van der Waals surface area contributed by atoms with Gasteiger partial charge in [0, 0.05) is 18.7 Å². The molecule has 1 atom stereocenters. The molecule has 0 saturated carbocycles. The number of ether oxygens (including phenoxy) is 1. The number of rotatable bonds is 5. The minimum atomic E-state index is -0.159. The van der Waals surface area contributed by atoms with Gasteiger partial charge in [0.05, 0.1) is 0 Å². The van der Waals surface area contributed by atoms with Crippen molar-refractivity contribution in [3.8, 4) is 5.75 Å². The summed E-state index contributed by atoms with van der Waals surface area (Å²) in [6.07, 6.45) is 0. The van der Waals surface area contributed by atoms with Gasteiger partial charge in [0.2, 0.25) is 5.91 Å². The summed E-state index contributed by atoms with van der Waals surface area (Å²) in [5, 5.41) is 6.09. The SMILES string of the molecule is CCNCCNC(=O)C1COc2ccccc21. The fourth-order valence-electron chi connectivity index (χ4n) is 1.95. The Bertz CT molecular complexity index is 393. The molecule has 4 nitrogen and oxygen atoms in total. The molecule has 0 aromatic heterocycles. The Labute approximate surface area is 101 Å². The second-order valence-electron chi connectivity index (χ2n) is 4.05.